The molecule has 0 saturated carbocycles. The molecule has 0 bridgehead atoms. The van der Waals surface area contributed by atoms with E-state index in [2.05, 4.69) is 4.90 Å². The number of benzene rings is 1. The zero-order chi connectivity index (χ0) is 20.5. The third-order valence-electron chi connectivity index (χ3n) is 5.71. The number of furan rings is 1. The Hall–Kier alpha value is -3.02. The highest BCUT2D eigenvalue weighted by Crippen LogP contribution is 2.42. The van der Waals surface area contributed by atoms with E-state index in [1.165, 1.54) is 24.2 Å². The largest absolute Gasteiger partial charge is 0.503 e. The summed E-state index contributed by atoms with van der Waals surface area (Å²) in [5, 5.41) is 10.5. The van der Waals surface area contributed by atoms with E-state index in [-0.39, 0.29) is 17.8 Å². The molecule has 4 rings (SSSR count). The molecule has 6 heteroatoms. The Bertz CT molecular complexity index is 952. The van der Waals surface area contributed by atoms with Gasteiger partial charge in [-0.3, -0.25) is 14.5 Å². The van der Waals surface area contributed by atoms with Gasteiger partial charge in [-0.05, 0) is 62.6 Å². The van der Waals surface area contributed by atoms with E-state index in [9.17, 15) is 14.7 Å². The summed E-state index contributed by atoms with van der Waals surface area (Å²) in [6, 6.07) is 10.5. The number of piperidine rings is 1. The van der Waals surface area contributed by atoms with E-state index in [1.54, 1.807) is 19.1 Å². The Balaban J connectivity index is 1.71. The van der Waals surface area contributed by atoms with Crippen molar-refractivity contribution >= 4 is 23.1 Å². The number of rotatable bonds is 5. The molecule has 1 N–H and O–H groups in total. The first-order valence-electron chi connectivity index (χ1n) is 10.2. The van der Waals surface area contributed by atoms with Gasteiger partial charge in [-0.15, -0.1) is 0 Å². The maximum Gasteiger partial charge on any atom is 0.294 e. The summed E-state index contributed by atoms with van der Waals surface area (Å²) in [5.74, 6) is -0.177. The molecule has 6 nitrogen and oxygen atoms in total. The van der Waals surface area contributed by atoms with Crippen molar-refractivity contribution in [1.82, 2.24) is 0 Å². The molecule has 152 valence electrons. The molecule has 3 heterocycles. The lowest BCUT2D eigenvalue weighted by Gasteiger charge is -2.30. The zero-order valence-corrected chi connectivity index (χ0v) is 16.9. The van der Waals surface area contributed by atoms with Gasteiger partial charge in [-0.2, -0.15) is 0 Å². The number of hydrogen-bond donors (Lipinski definition) is 1. The summed E-state index contributed by atoms with van der Waals surface area (Å²) in [5.41, 5.74) is 1.85. The Morgan fingerprint density at radius 2 is 1.72 bits per heavy atom. The van der Waals surface area contributed by atoms with Crippen LogP contribution < -0.4 is 9.80 Å². The van der Waals surface area contributed by atoms with Crippen molar-refractivity contribution < 1.29 is 19.1 Å². The second-order valence-corrected chi connectivity index (χ2v) is 7.63. The van der Waals surface area contributed by atoms with Crippen molar-refractivity contribution in [1.29, 1.82) is 0 Å². The van der Waals surface area contributed by atoms with Crippen LogP contribution in [0.25, 0.3) is 0 Å². The molecule has 2 aliphatic heterocycles. The standard InChI is InChI=1S/C23H26N2O4/c1-3-18(26)20-21(19-12-7-15(2)29-19)25(23(28)22(20)27)17-10-8-16(9-11-17)24-13-5-4-6-14-24/h7-12,21,27H,3-6,13-14H2,1-2H3. The molecule has 0 radical (unpaired) electrons. The maximum atomic E-state index is 12.9. The Morgan fingerprint density at radius 3 is 2.31 bits per heavy atom. The molecule has 1 amide bonds. The molecular formula is C23H26N2O4. The Morgan fingerprint density at radius 1 is 1.07 bits per heavy atom. The van der Waals surface area contributed by atoms with Crippen molar-refractivity contribution in [3.63, 3.8) is 0 Å². The smallest absolute Gasteiger partial charge is 0.294 e. The molecule has 1 unspecified atom stereocenters. The SMILES string of the molecule is CCC(=O)C1=C(O)C(=O)N(c2ccc(N3CCCCC3)cc2)C1c1ccc(C)o1. The van der Waals surface area contributed by atoms with Crippen LogP contribution in [0.15, 0.2) is 52.1 Å². The van der Waals surface area contributed by atoms with Gasteiger partial charge in [-0.1, -0.05) is 6.92 Å². The summed E-state index contributed by atoms with van der Waals surface area (Å²) in [7, 11) is 0. The van der Waals surface area contributed by atoms with Gasteiger partial charge in [0.05, 0.1) is 5.57 Å². The number of hydrogen-bond acceptors (Lipinski definition) is 5. The van der Waals surface area contributed by atoms with Crippen molar-refractivity contribution in [2.45, 2.75) is 45.6 Å². The highest BCUT2D eigenvalue weighted by Gasteiger charge is 2.45. The number of carbonyl (C=O) groups excluding carboxylic acids is 2. The molecule has 1 atom stereocenters. The summed E-state index contributed by atoms with van der Waals surface area (Å²) in [6.07, 6.45) is 3.84. The molecule has 29 heavy (non-hydrogen) atoms. The van der Waals surface area contributed by atoms with Crippen molar-refractivity contribution in [3.8, 4) is 0 Å². The highest BCUT2D eigenvalue weighted by molar-refractivity contribution is 6.16. The van der Waals surface area contributed by atoms with Crippen LogP contribution in [-0.4, -0.2) is 29.9 Å². The van der Waals surface area contributed by atoms with E-state index in [0.29, 0.717) is 17.2 Å². The lowest BCUT2D eigenvalue weighted by molar-refractivity contribution is -0.118. The molecule has 1 saturated heterocycles. The number of aryl methyl sites for hydroxylation is 1. The van der Waals surface area contributed by atoms with Crippen LogP contribution in [0.4, 0.5) is 11.4 Å². The molecule has 2 aromatic rings. The van der Waals surface area contributed by atoms with Crippen LogP contribution >= 0.6 is 0 Å². The summed E-state index contributed by atoms with van der Waals surface area (Å²) < 4.78 is 5.76. The number of amides is 1. The van der Waals surface area contributed by atoms with E-state index >= 15 is 0 Å². The van der Waals surface area contributed by atoms with Crippen LogP contribution in [0.3, 0.4) is 0 Å². The van der Waals surface area contributed by atoms with E-state index in [0.717, 1.165) is 18.8 Å². The van der Waals surface area contributed by atoms with E-state index in [4.69, 9.17) is 4.42 Å². The van der Waals surface area contributed by atoms with Crippen LogP contribution in [0, 0.1) is 6.92 Å². The summed E-state index contributed by atoms with van der Waals surface area (Å²) in [6.45, 7) is 5.60. The van der Waals surface area contributed by atoms with E-state index in [1.807, 2.05) is 31.2 Å². The fraction of sp³-hybridized carbons (Fsp3) is 0.391. The second-order valence-electron chi connectivity index (χ2n) is 7.63. The van der Waals surface area contributed by atoms with Gasteiger partial charge >= 0.3 is 0 Å². The lowest BCUT2D eigenvalue weighted by Crippen LogP contribution is -2.31. The first-order chi connectivity index (χ1) is 14.0. The number of carbonyl (C=O) groups is 2. The zero-order valence-electron chi connectivity index (χ0n) is 16.9. The van der Waals surface area contributed by atoms with Gasteiger partial charge in [0.25, 0.3) is 5.91 Å². The molecular weight excluding hydrogens is 368 g/mol. The Kier molecular flexibility index (Phi) is 5.18. The van der Waals surface area contributed by atoms with Gasteiger partial charge in [0.2, 0.25) is 0 Å². The number of aliphatic hydroxyl groups is 1. The van der Waals surface area contributed by atoms with Crippen molar-refractivity contribution in [3.05, 3.63) is 59.3 Å². The quantitative estimate of drug-likeness (QED) is 0.811. The Labute approximate surface area is 170 Å². The van der Waals surface area contributed by atoms with Gasteiger partial charge < -0.3 is 14.4 Å². The van der Waals surface area contributed by atoms with Crippen LogP contribution in [-0.2, 0) is 9.59 Å². The third kappa shape index (κ3) is 3.43. The number of ketones is 1. The first kappa shape index (κ1) is 19.3. The predicted molar refractivity (Wildman–Crippen MR) is 111 cm³/mol. The average molecular weight is 394 g/mol. The first-order valence-corrected chi connectivity index (χ1v) is 10.2. The van der Waals surface area contributed by atoms with Crippen molar-refractivity contribution in [2.75, 3.05) is 22.9 Å². The molecule has 0 spiro atoms. The average Bonchev–Trinajstić information content (AvgIpc) is 3.29. The van der Waals surface area contributed by atoms with Crippen LogP contribution in [0.2, 0.25) is 0 Å². The summed E-state index contributed by atoms with van der Waals surface area (Å²) >= 11 is 0. The monoisotopic (exact) mass is 394 g/mol. The highest BCUT2D eigenvalue weighted by atomic mass is 16.3. The fourth-order valence-corrected chi connectivity index (χ4v) is 4.19. The topological polar surface area (TPSA) is 74.0 Å². The molecule has 1 aromatic carbocycles. The minimum absolute atomic E-state index is 0.104. The fourth-order valence-electron chi connectivity index (χ4n) is 4.19. The molecule has 0 aliphatic carbocycles. The number of nitrogens with zero attached hydrogens (tertiary/aromatic N) is 2. The number of Topliss-reactive ketones (excluding diaryl/α,β-unsaturated/α-hetero) is 1. The second kappa shape index (κ2) is 7.78. The van der Waals surface area contributed by atoms with Gasteiger partial charge in [0, 0.05) is 30.9 Å². The maximum absolute atomic E-state index is 12.9. The predicted octanol–water partition coefficient (Wildman–Crippen LogP) is 4.46. The van der Waals surface area contributed by atoms with Gasteiger partial charge in [0.15, 0.2) is 11.5 Å². The minimum atomic E-state index is -0.760. The van der Waals surface area contributed by atoms with Crippen LogP contribution in [0.5, 0.6) is 0 Å². The van der Waals surface area contributed by atoms with Crippen LogP contribution in [0.1, 0.15) is 50.2 Å². The number of anilines is 2. The molecule has 1 fully saturated rings. The normalized spacial score (nSPS) is 19.9. The molecule has 2 aliphatic rings. The minimum Gasteiger partial charge on any atom is -0.503 e. The number of aliphatic hydroxyl groups excluding tert-OH is 1. The lowest BCUT2D eigenvalue weighted by atomic mass is 9.99. The molecule has 1 aromatic heterocycles. The van der Waals surface area contributed by atoms with Gasteiger partial charge in [-0.25, -0.2) is 0 Å². The van der Waals surface area contributed by atoms with Crippen molar-refractivity contribution in [2.24, 2.45) is 0 Å². The third-order valence-corrected chi connectivity index (χ3v) is 5.71. The van der Waals surface area contributed by atoms with Gasteiger partial charge in [0.1, 0.15) is 17.6 Å². The summed E-state index contributed by atoms with van der Waals surface area (Å²) in [4.78, 5) is 29.3. The van der Waals surface area contributed by atoms with E-state index < -0.39 is 17.7 Å².